The second kappa shape index (κ2) is 8.07. The van der Waals surface area contributed by atoms with Crippen molar-refractivity contribution in [2.24, 2.45) is 0 Å². The molecule has 0 amide bonds. The number of nitrogens with one attached hydrogen (secondary N) is 2. The van der Waals surface area contributed by atoms with Crippen molar-refractivity contribution in [3.63, 3.8) is 0 Å². The summed E-state index contributed by atoms with van der Waals surface area (Å²) in [6.45, 7) is 1.95. The lowest BCUT2D eigenvalue weighted by Gasteiger charge is -2.15. The van der Waals surface area contributed by atoms with E-state index in [-0.39, 0.29) is 12.6 Å². The number of thioether (sulfide) groups is 1. The molecule has 120 valence electrons. The van der Waals surface area contributed by atoms with Crippen LogP contribution in [0.1, 0.15) is 18.9 Å². The highest BCUT2D eigenvalue weighted by atomic mass is 32.2. The van der Waals surface area contributed by atoms with Gasteiger partial charge in [0.2, 0.25) is 10.0 Å². The first-order valence-corrected chi connectivity index (χ1v) is 9.33. The van der Waals surface area contributed by atoms with Crippen molar-refractivity contribution in [1.29, 1.82) is 0 Å². The maximum Gasteiger partial charge on any atom is 0.243 e. The molecule has 0 saturated carbocycles. The normalized spacial score (nSPS) is 13.4. The summed E-state index contributed by atoms with van der Waals surface area (Å²) in [6.07, 6.45) is 2.53. The van der Waals surface area contributed by atoms with Gasteiger partial charge in [-0.2, -0.15) is 11.8 Å². The van der Waals surface area contributed by atoms with E-state index >= 15 is 0 Å². The molecule has 0 heterocycles. The van der Waals surface area contributed by atoms with E-state index in [0.717, 1.165) is 17.9 Å². The number of rotatable bonds is 8. The summed E-state index contributed by atoms with van der Waals surface area (Å²) in [5.74, 6) is -1.74. The monoisotopic (exact) mass is 338 g/mol. The third kappa shape index (κ3) is 5.21. The quantitative estimate of drug-likeness (QED) is 0.762. The zero-order valence-electron chi connectivity index (χ0n) is 12.2. The molecule has 1 aromatic rings. The Kier molecular flexibility index (Phi) is 7.05. The molecule has 2 N–H and O–H groups in total. The molecule has 8 heteroatoms. The second-order valence-electron chi connectivity index (χ2n) is 4.72. The molecule has 0 saturated heterocycles. The minimum absolute atomic E-state index is 0.252. The average molecular weight is 338 g/mol. The number of hydrogen-bond acceptors (Lipinski definition) is 4. The fourth-order valence-electron chi connectivity index (χ4n) is 1.80. The maximum atomic E-state index is 13.8. The second-order valence-corrected chi connectivity index (χ2v) is 7.39. The summed E-state index contributed by atoms with van der Waals surface area (Å²) < 4.78 is 54.1. The van der Waals surface area contributed by atoms with Gasteiger partial charge in [-0.3, -0.25) is 0 Å². The van der Waals surface area contributed by atoms with Gasteiger partial charge in [-0.05, 0) is 50.1 Å². The Morgan fingerprint density at radius 3 is 2.57 bits per heavy atom. The van der Waals surface area contributed by atoms with E-state index in [1.54, 1.807) is 25.7 Å². The van der Waals surface area contributed by atoms with Crippen molar-refractivity contribution in [1.82, 2.24) is 10.0 Å². The molecule has 1 rings (SSSR count). The van der Waals surface area contributed by atoms with Crippen LogP contribution in [0.5, 0.6) is 0 Å². The Hall–Kier alpha value is -0.700. The zero-order chi connectivity index (χ0) is 16.0. The standard InChI is InChI=1S/C13H20F2N2O2S2/c1-9(4-5-20-3)17-21(18,19)12-7-10(8-16-2)6-11(14)13(12)15/h6-7,9,16-17H,4-5,8H2,1-3H3. The average Bonchev–Trinajstić information content (AvgIpc) is 2.40. The SMILES string of the molecule is CNCc1cc(F)c(F)c(S(=O)(=O)NC(C)CCSC)c1. The minimum atomic E-state index is -4.09. The van der Waals surface area contributed by atoms with Crippen LogP contribution < -0.4 is 10.0 Å². The molecular weight excluding hydrogens is 318 g/mol. The van der Waals surface area contributed by atoms with Crippen molar-refractivity contribution in [3.8, 4) is 0 Å². The molecule has 0 aliphatic carbocycles. The number of sulfonamides is 1. The fraction of sp³-hybridized carbons (Fsp3) is 0.538. The largest absolute Gasteiger partial charge is 0.316 e. The topological polar surface area (TPSA) is 58.2 Å². The molecular formula is C13H20F2N2O2S2. The highest BCUT2D eigenvalue weighted by Gasteiger charge is 2.24. The molecule has 4 nitrogen and oxygen atoms in total. The molecule has 0 aliphatic rings. The van der Waals surface area contributed by atoms with Gasteiger partial charge >= 0.3 is 0 Å². The highest BCUT2D eigenvalue weighted by Crippen LogP contribution is 2.20. The van der Waals surface area contributed by atoms with Crippen LogP contribution in [-0.2, 0) is 16.6 Å². The summed E-state index contributed by atoms with van der Waals surface area (Å²) in [5, 5.41) is 2.77. The summed E-state index contributed by atoms with van der Waals surface area (Å²) >= 11 is 1.59. The van der Waals surface area contributed by atoms with E-state index in [9.17, 15) is 17.2 Å². The van der Waals surface area contributed by atoms with Crippen LogP contribution in [0.15, 0.2) is 17.0 Å². The van der Waals surface area contributed by atoms with E-state index in [2.05, 4.69) is 10.0 Å². The summed E-state index contributed by atoms with van der Waals surface area (Å²) in [6, 6.07) is 1.79. The first kappa shape index (κ1) is 18.3. The van der Waals surface area contributed by atoms with Crippen LogP contribution in [0, 0.1) is 11.6 Å². The summed E-state index contributed by atoms with van der Waals surface area (Å²) in [4.78, 5) is -0.649. The first-order chi connectivity index (χ1) is 9.81. The van der Waals surface area contributed by atoms with E-state index in [0.29, 0.717) is 12.0 Å². The summed E-state index contributed by atoms with van der Waals surface area (Å²) in [7, 11) is -2.45. The Bertz CT molecular complexity index is 580. The number of halogens is 2. The Morgan fingerprint density at radius 2 is 2.00 bits per heavy atom. The minimum Gasteiger partial charge on any atom is -0.316 e. The van der Waals surface area contributed by atoms with Crippen molar-refractivity contribution >= 4 is 21.8 Å². The number of hydrogen-bond donors (Lipinski definition) is 2. The lowest BCUT2D eigenvalue weighted by molar-refractivity contribution is 0.478. The van der Waals surface area contributed by atoms with Crippen LogP contribution in [0.2, 0.25) is 0 Å². The van der Waals surface area contributed by atoms with Gasteiger partial charge in [0.1, 0.15) is 4.90 Å². The number of benzene rings is 1. The first-order valence-electron chi connectivity index (χ1n) is 6.45. The van der Waals surface area contributed by atoms with Gasteiger partial charge in [0.15, 0.2) is 11.6 Å². The Morgan fingerprint density at radius 1 is 1.33 bits per heavy atom. The highest BCUT2D eigenvalue weighted by molar-refractivity contribution is 7.98. The van der Waals surface area contributed by atoms with Crippen LogP contribution in [0.3, 0.4) is 0 Å². The smallest absolute Gasteiger partial charge is 0.243 e. The maximum absolute atomic E-state index is 13.8. The summed E-state index contributed by atoms with van der Waals surface area (Å²) in [5.41, 5.74) is 0.369. The van der Waals surface area contributed by atoms with E-state index in [4.69, 9.17) is 0 Å². The van der Waals surface area contributed by atoms with Crippen molar-refractivity contribution in [3.05, 3.63) is 29.3 Å². The molecule has 1 unspecified atom stereocenters. The van der Waals surface area contributed by atoms with Crippen LogP contribution in [0.4, 0.5) is 8.78 Å². The fourth-order valence-corrected chi connectivity index (χ4v) is 3.80. The third-order valence-electron chi connectivity index (χ3n) is 2.84. The van der Waals surface area contributed by atoms with Crippen molar-refractivity contribution in [2.75, 3.05) is 19.1 Å². The van der Waals surface area contributed by atoms with Crippen LogP contribution in [-0.4, -0.2) is 33.5 Å². The predicted molar refractivity (Wildman–Crippen MR) is 81.9 cm³/mol. The molecule has 0 bridgehead atoms. The lowest BCUT2D eigenvalue weighted by Crippen LogP contribution is -2.33. The van der Waals surface area contributed by atoms with Gasteiger partial charge < -0.3 is 5.32 Å². The van der Waals surface area contributed by atoms with Gasteiger partial charge in [0, 0.05) is 12.6 Å². The Labute approximate surface area is 128 Å². The van der Waals surface area contributed by atoms with Gasteiger partial charge in [-0.15, -0.1) is 0 Å². The van der Waals surface area contributed by atoms with Crippen LogP contribution in [0.25, 0.3) is 0 Å². The van der Waals surface area contributed by atoms with Gasteiger partial charge in [-0.25, -0.2) is 21.9 Å². The molecule has 1 atom stereocenters. The third-order valence-corrected chi connectivity index (χ3v) is 5.07. The molecule has 0 radical (unpaired) electrons. The van der Waals surface area contributed by atoms with Crippen LogP contribution >= 0.6 is 11.8 Å². The lowest BCUT2D eigenvalue weighted by atomic mass is 10.2. The molecule has 0 spiro atoms. The molecule has 0 aromatic heterocycles. The van der Waals surface area contributed by atoms with Crippen molar-refractivity contribution < 1.29 is 17.2 Å². The molecule has 1 aromatic carbocycles. The van der Waals surface area contributed by atoms with Gasteiger partial charge in [-0.1, -0.05) is 0 Å². The van der Waals surface area contributed by atoms with Gasteiger partial charge in [0.25, 0.3) is 0 Å². The zero-order valence-corrected chi connectivity index (χ0v) is 13.9. The Balaban J connectivity index is 3.06. The molecule has 0 aliphatic heterocycles. The van der Waals surface area contributed by atoms with Crippen molar-refractivity contribution in [2.45, 2.75) is 30.8 Å². The van der Waals surface area contributed by atoms with E-state index < -0.39 is 26.6 Å². The molecule has 0 fully saturated rings. The van der Waals surface area contributed by atoms with E-state index in [1.807, 2.05) is 6.26 Å². The van der Waals surface area contributed by atoms with Gasteiger partial charge in [0.05, 0.1) is 0 Å². The van der Waals surface area contributed by atoms with E-state index in [1.165, 1.54) is 0 Å². The predicted octanol–water partition coefficient (Wildman–Crippen LogP) is 2.10. The molecule has 21 heavy (non-hydrogen) atoms.